The molecule has 1 N–H and O–H groups in total. The molecule has 0 heterocycles. The van der Waals surface area contributed by atoms with Crippen molar-refractivity contribution in [2.45, 2.75) is 39.7 Å². The Bertz CT molecular complexity index is 696. The van der Waals surface area contributed by atoms with Gasteiger partial charge >= 0.3 is 0 Å². The molecule has 0 fully saturated rings. The minimum atomic E-state index is -0.0279. The molecular formula is C22H28N2O2. The van der Waals surface area contributed by atoms with Crippen LogP contribution in [0.1, 0.15) is 36.5 Å². The van der Waals surface area contributed by atoms with Crippen molar-refractivity contribution in [1.82, 2.24) is 10.2 Å². The molecule has 0 unspecified atom stereocenters. The van der Waals surface area contributed by atoms with Gasteiger partial charge in [-0.2, -0.15) is 0 Å². The van der Waals surface area contributed by atoms with Crippen LogP contribution < -0.4 is 5.32 Å². The molecule has 0 aliphatic carbocycles. The first-order valence-electron chi connectivity index (χ1n) is 9.16. The van der Waals surface area contributed by atoms with Crippen molar-refractivity contribution < 1.29 is 9.59 Å². The fourth-order valence-corrected chi connectivity index (χ4v) is 2.78. The monoisotopic (exact) mass is 352 g/mol. The van der Waals surface area contributed by atoms with Crippen molar-refractivity contribution in [3.63, 3.8) is 0 Å². The topological polar surface area (TPSA) is 49.4 Å². The Hall–Kier alpha value is -2.62. The van der Waals surface area contributed by atoms with E-state index in [-0.39, 0.29) is 11.8 Å². The van der Waals surface area contributed by atoms with Gasteiger partial charge < -0.3 is 10.2 Å². The van der Waals surface area contributed by atoms with Gasteiger partial charge in [0.25, 0.3) is 0 Å². The van der Waals surface area contributed by atoms with E-state index in [1.807, 2.05) is 49.4 Å². The summed E-state index contributed by atoms with van der Waals surface area (Å²) in [7, 11) is 0. The lowest BCUT2D eigenvalue weighted by Gasteiger charge is -2.20. The first-order chi connectivity index (χ1) is 12.5. The summed E-state index contributed by atoms with van der Waals surface area (Å²) >= 11 is 0. The first kappa shape index (κ1) is 19.7. The Balaban J connectivity index is 1.70. The second-order valence-corrected chi connectivity index (χ2v) is 6.61. The molecule has 2 aromatic carbocycles. The summed E-state index contributed by atoms with van der Waals surface area (Å²) < 4.78 is 0. The third-order valence-corrected chi connectivity index (χ3v) is 4.40. The number of rotatable bonds is 9. The van der Waals surface area contributed by atoms with E-state index in [9.17, 15) is 9.59 Å². The van der Waals surface area contributed by atoms with Crippen molar-refractivity contribution in [2.75, 3.05) is 13.1 Å². The Morgan fingerprint density at radius 2 is 1.62 bits per heavy atom. The van der Waals surface area contributed by atoms with E-state index >= 15 is 0 Å². The van der Waals surface area contributed by atoms with E-state index in [0.29, 0.717) is 26.1 Å². The summed E-state index contributed by atoms with van der Waals surface area (Å²) in [5, 5.41) is 2.92. The predicted octanol–water partition coefficient (Wildman–Crippen LogP) is 3.48. The zero-order valence-electron chi connectivity index (χ0n) is 15.7. The number of nitrogens with zero attached hydrogens (tertiary/aromatic N) is 1. The fourth-order valence-electron chi connectivity index (χ4n) is 2.78. The van der Waals surface area contributed by atoms with E-state index in [2.05, 4.69) is 17.4 Å². The molecular weight excluding hydrogens is 324 g/mol. The molecule has 0 radical (unpaired) electrons. The molecule has 0 aromatic heterocycles. The maximum Gasteiger partial charge on any atom is 0.222 e. The van der Waals surface area contributed by atoms with Gasteiger partial charge in [0.15, 0.2) is 0 Å². The molecule has 26 heavy (non-hydrogen) atoms. The number of amides is 2. The van der Waals surface area contributed by atoms with Crippen molar-refractivity contribution >= 4 is 11.8 Å². The van der Waals surface area contributed by atoms with Crippen LogP contribution >= 0.6 is 0 Å². The van der Waals surface area contributed by atoms with Gasteiger partial charge in [-0.15, -0.1) is 0 Å². The Labute approximate surface area is 156 Å². The van der Waals surface area contributed by atoms with Crippen molar-refractivity contribution in [3.05, 3.63) is 71.3 Å². The second kappa shape index (κ2) is 10.4. The molecule has 0 aliphatic rings. The first-order valence-corrected chi connectivity index (χ1v) is 9.16. The van der Waals surface area contributed by atoms with Crippen LogP contribution in [-0.4, -0.2) is 29.8 Å². The average Bonchev–Trinajstić information content (AvgIpc) is 2.64. The number of carbonyl (C=O) groups is 2. The number of hydrogen-bond acceptors (Lipinski definition) is 2. The van der Waals surface area contributed by atoms with Gasteiger partial charge in [0.2, 0.25) is 11.8 Å². The molecule has 2 aromatic rings. The van der Waals surface area contributed by atoms with Crippen LogP contribution in [0.4, 0.5) is 0 Å². The van der Waals surface area contributed by atoms with E-state index in [0.717, 1.165) is 18.4 Å². The fraction of sp³-hybridized carbons (Fsp3) is 0.364. The predicted molar refractivity (Wildman–Crippen MR) is 105 cm³/mol. The molecule has 0 aliphatic heterocycles. The molecule has 0 atom stereocenters. The van der Waals surface area contributed by atoms with E-state index < -0.39 is 0 Å². The SMILES string of the molecule is CC(=O)N(CCCc1ccccc1)CCC(=O)NCc1ccc(C)cc1. The van der Waals surface area contributed by atoms with Gasteiger partial charge in [0.05, 0.1) is 0 Å². The average molecular weight is 352 g/mol. The van der Waals surface area contributed by atoms with Gasteiger partial charge in [-0.25, -0.2) is 0 Å². The van der Waals surface area contributed by atoms with Gasteiger partial charge in [-0.05, 0) is 30.9 Å². The van der Waals surface area contributed by atoms with Gasteiger partial charge in [0.1, 0.15) is 0 Å². The molecule has 4 nitrogen and oxygen atoms in total. The standard InChI is InChI=1S/C22H28N2O2/c1-18-10-12-21(13-11-18)17-23-22(26)14-16-24(19(2)25)15-6-9-20-7-4-3-5-8-20/h3-5,7-8,10-13H,6,9,14-17H2,1-2H3,(H,23,26). The summed E-state index contributed by atoms with van der Waals surface area (Å²) in [5.41, 5.74) is 3.55. The minimum Gasteiger partial charge on any atom is -0.352 e. The molecule has 0 saturated heterocycles. The molecule has 4 heteroatoms. The molecule has 0 bridgehead atoms. The lowest BCUT2D eigenvalue weighted by atomic mass is 10.1. The van der Waals surface area contributed by atoms with Crippen LogP contribution in [0.25, 0.3) is 0 Å². The van der Waals surface area contributed by atoms with Gasteiger partial charge in [-0.1, -0.05) is 60.2 Å². The van der Waals surface area contributed by atoms with Crippen molar-refractivity contribution in [1.29, 1.82) is 0 Å². The Morgan fingerprint density at radius 3 is 2.27 bits per heavy atom. The lowest BCUT2D eigenvalue weighted by molar-refractivity contribution is -0.129. The summed E-state index contributed by atoms with van der Waals surface area (Å²) in [6.45, 7) is 5.26. The zero-order chi connectivity index (χ0) is 18.8. The van der Waals surface area contributed by atoms with Gasteiger partial charge in [0, 0.05) is 33.0 Å². The highest BCUT2D eigenvalue weighted by Crippen LogP contribution is 2.05. The third kappa shape index (κ3) is 7.09. The lowest BCUT2D eigenvalue weighted by Crippen LogP contribution is -2.34. The number of carbonyl (C=O) groups excluding carboxylic acids is 2. The van der Waals surface area contributed by atoms with Crippen LogP contribution in [0.15, 0.2) is 54.6 Å². The quantitative estimate of drug-likeness (QED) is 0.751. The zero-order valence-corrected chi connectivity index (χ0v) is 15.7. The minimum absolute atomic E-state index is 0.0180. The van der Waals surface area contributed by atoms with Gasteiger partial charge in [-0.3, -0.25) is 9.59 Å². The highest BCUT2D eigenvalue weighted by Gasteiger charge is 2.11. The number of nitrogens with one attached hydrogen (secondary N) is 1. The summed E-state index contributed by atoms with van der Waals surface area (Å²) in [6, 6.07) is 18.3. The van der Waals surface area contributed by atoms with Crippen LogP contribution in [0.5, 0.6) is 0 Å². The smallest absolute Gasteiger partial charge is 0.222 e. The number of hydrogen-bond donors (Lipinski definition) is 1. The molecule has 138 valence electrons. The third-order valence-electron chi connectivity index (χ3n) is 4.40. The number of aryl methyl sites for hydroxylation is 2. The van der Waals surface area contributed by atoms with E-state index in [1.54, 1.807) is 11.8 Å². The maximum atomic E-state index is 12.1. The second-order valence-electron chi connectivity index (χ2n) is 6.61. The van der Waals surface area contributed by atoms with E-state index in [4.69, 9.17) is 0 Å². The maximum absolute atomic E-state index is 12.1. The normalized spacial score (nSPS) is 10.4. The number of benzene rings is 2. The van der Waals surface area contributed by atoms with Crippen molar-refractivity contribution in [2.24, 2.45) is 0 Å². The highest BCUT2D eigenvalue weighted by atomic mass is 16.2. The van der Waals surface area contributed by atoms with Crippen LogP contribution in [0, 0.1) is 6.92 Å². The summed E-state index contributed by atoms with van der Waals surface area (Å²) in [4.78, 5) is 25.6. The highest BCUT2D eigenvalue weighted by molar-refractivity contribution is 5.78. The molecule has 2 amide bonds. The largest absolute Gasteiger partial charge is 0.352 e. The molecule has 0 spiro atoms. The van der Waals surface area contributed by atoms with Crippen LogP contribution in [-0.2, 0) is 22.6 Å². The summed E-state index contributed by atoms with van der Waals surface area (Å²) in [5.74, 6) is -0.00993. The van der Waals surface area contributed by atoms with E-state index in [1.165, 1.54) is 11.1 Å². The Morgan fingerprint density at radius 1 is 0.923 bits per heavy atom. The molecule has 2 rings (SSSR count). The van der Waals surface area contributed by atoms with Crippen molar-refractivity contribution in [3.8, 4) is 0 Å². The van der Waals surface area contributed by atoms with Crippen LogP contribution in [0.3, 0.4) is 0 Å². The molecule has 0 saturated carbocycles. The van der Waals surface area contributed by atoms with Crippen LogP contribution in [0.2, 0.25) is 0 Å². The summed E-state index contributed by atoms with van der Waals surface area (Å²) in [6.07, 6.45) is 2.16. The Kier molecular flexibility index (Phi) is 7.87.